The maximum absolute atomic E-state index is 14.1. The number of halogens is 1. The first kappa shape index (κ1) is 18.5. The number of fused-ring (bicyclic) bond motifs is 1. The molecule has 0 bridgehead atoms. The van der Waals surface area contributed by atoms with Gasteiger partial charge in [0.25, 0.3) is 5.91 Å². The van der Waals surface area contributed by atoms with E-state index in [2.05, 4.69) is 20.9 Å². The van der Waals surface area contributed by atoms with Crippen LogP contribution < -0.4 is 16.0 Å². The monoisotopic (exact) mass is 380 g/mol. The lowest BCUT2D eigenvalue weighted by Crippen LogP contribution is -2.33. The molecule has 1 fully saturated rings. The van der Waals surface area contributed by atoms with Crippen LogP contribution in [-0.4, -0.2) is 37.0 Å². The Kier molecular flexibility index (Phi) is 5.58. The Hall–Kier alpha value is -2.86. The average Bonchev–Trinajstić information content (AvgIpc) is 3.04. The summed E-state index contributed by atoms with van der Waals surface area (Å²) in [7, 11) is 0. The van der Waals surface area contributed by atoms with Crippen molar-refractivity contribution in [3.63, 3.8) is 0 Å². The molecule has 0 atom stereocenters. The molecule has 0 saturated carbocycles. The van der Waals surface area contributed by atoms with Gasteiger partial charge < -0.3 is 20.9 Å². The molecule has 4 rings (SSSR count). The van der Waals surface area contributed by atoms with Crippen molar-refractivity contribution in [2.24, 2.45) is 0 Å². The molecule has 0 aromatic heterocycles. The van der Waals surface area contributed by atoms with E-state index in [4.69, 9.17) is 0 Å². The molecule has 6 heteroatoms. The summed E-state index contributed by atoms with van der Waals surface area (Å²) in [6, 6.07) is 12.5. The highest BCUT2D eigenvalue weighted by Gasteiger charge is 2.27. The zero-order valence-electron chi connectivity index (χ0n) is 15.8. The number of benzene rings is 2. The van der Waals surface area contributed by atoms with Crippen LogP contribution >= 0.6 is 0 Å². The molecule has 2 aliphatic rings. The molecule has 146 valence electrons. The molecule has 0 spiro atoms. The van der Waals surface area contributed by atoms with E-state index in [0.29, 0.717) is 16.8 Å². The molecule has 5 nitrogen and oxygen atoms in total. The second-order valence-corrected chi connectivity index (χ2v) is 7.23. The van der Waals surface area contributed by atoms with Crippen molar-refractivity contribution in [2.45, 2.75) is 19.3 Å². The molecular formula is C22H25FN4O. The largest absolute Gasteiger partial charge is 0.384 e. The van der Waals surface area contributed by atoms with E-state index >= 15 is 0 Å². The van der Waals surface area contributed by atoms with Crippen molar-refractivity contribution in [1.82, 2.24) is 4.90 Å². The van der Waals surface area contributed by atoms with Gasteiger partial charge in [-0.2, -0.15) is 0 Å². The third-order valence-electron chi connectivity index (χ3n) is 5.25. The zero-order valence-corrected chi connectivity index (χ0v) is 15.8. The van der Waals surface area contributed by atoms with Gasteiger partial charge in [0, 0.05) is 36.2 Å². The molecule has 2 heterocycles. The first-order valence-electron chi connectivity index (χ1n) is 9.84. The van der Waals surface area contributed by atoms with E-state index in [9.17, 15) is 9.18 Å². The highest BCUT2D eigenvalue weighted by molar-refractivity contribution is 6.31. The standard InChI is InChI=1S/C22H25FN4O/c23-19-5-4-6-20-21(19)18(22(28)26-20)15-25-17-9-7-16(8-10-17)24-11-14-27-12-2-1-3-13-27/h4-10,15,24-25H,1-3,11-14H2,(H,26,28). The van der Waals surface area contributed by atoms with Gasteiger partial charge in [0.1, 0.15) is 5.82 Å². The van der Waals surface area contributed by atoms with Gasteiger partial charge >= 0.3 is 0 Å². The topological polar surface area (TPSA) is 56.4 Å². The molecule has 0 aliphatic carbocycles. The normalized spacial score (nSPS) is 18.0. The van der Waals surface area contributed by atoms with Gasteiger partial charge in [-0.05, 0) is 62.3 Å². The van der Waals surface area contributed by atoms with Crippen LogP contribution in [0.1, 0.15) is 24.8 Å². The van der Waals surface area contributed by atoms with E-state index < -0.39 is 5.82 Å². The fraction of sp³-hybridized carbons (Fsp3) is 0.318. The van der Waals surface area contributed by atoms with E-state index in [1.807, 2.05) is 24.3 Å². The van der Waals surface area contributed by atoms with Gasteiger partial charge in [0.15, 0.2) is 0 Å². The number of rotatable bonds is 6. The van der Waals surface area contributed by atoms with Crippen molar-refractivity contribution < 1.29 is 9.18 Å². The van der Waals surface area contributed by atoms with Gasteiger partial charge in [-0.3, -0.25) is 4.79 Å². The molecular weight excluding hydrogens is 355 g/mol. The third kappa shape index (κ3) is 4.17. The molecule has 2 aromatic rings. The van der Waals surface area contributed by atoms with Crippen LogP contribution in [0.25, 0.3) is 5.57 Å². The van der Waals surface area contributed by atoms with Crippen molar-refractivity contribution in [3.05, 3.63) is 60.0 Å². The van der Waals surface area contributed by atoms with Crippen LogP contribution in [-0.2, 0) is 4.79 Å². The molecule has 2 aliphatic heterocycles. The summed E-state index contributed by atoms with van der Waals surface area (Å²) in [5.41, 5.74) is 3.02. The van der Waals surface area contributed by atoms with Crippen LogP contribution in [0.3, 0.4) is 0 Å². The van der Waals surface area contributed by atoms with Crippen LogP contribution in [0.5, 0.6) is 0 Å². The molecule has 0 unspecified atom stereocenters. The molecule has 3 N–H and O–H groups in total. The Morgan fingerprint density at radius 2 is 1.79 bits per heavy atom. The van der Waals surface area contributed by atoms with E-state index in [0.717, 1.165) is 24.5 Å². The Bertz CT molecular complexity index is 873. The summed E-state index contributed by atoms with van der Waals surface area (Å²) in [6.45, 7) is 4.40. The third-order valence-corrected chi connectivity index (χ3v) is 5.25. The quantitative estimate of drug-likeness (QED) is 0.660. The van der Waals surface area contributed by atoms with Gasteiger partial charge in [-0.15, -0.1) is 0 Å². The predicted molar refractivity (Wildman–Crippen MR) is 112 cm³/mol. The van der Waals surface area contributed by atoms with Gasteiger partial charge in [-0.25, -0.2) is 4.39 Å². The van der Waals surface area contributed by atoms with Gasteiger partial charge in [0.2, 0.25) is 0 Å². The minimum Gasteiger partial charge on any atom is -0.384 e. The molecule has 1 amide bonds. The number of anilines is 3. The van der Waals surface area contributed by atoms with E-state index in [1.54, 1.807) is 18.3 Å². The first-order chi connectivity index (χ1) is 13.7. The molecule has 2 aromatic carbocycles. The Labute approximate surface area is 164 Å². The lowest BCUT2D eigenvalue weighted by molar-refractivity contribution is -0.110. The minimum atomic E-state index is -0.405. The van der Waals surface area contributed by atoms with E-state index in [-0.39, 0.29) is 5.91 Å². The molecule has 0 radical (unpaired) electrons. The van der Waals surface area contributed by atoms with Crippen LogP contribution in [0, 0.1) is 5.82 Å². The van der Waals surface area contributed by atoms with Crippen molar-refractivity contribution in [3.8, 4) is 0 Å². The number of hydrogen-bond acceptors (Lipinski definition) is 4. The zero-order chi connectivity index (χ0) is 19.3. The summed E-state index contributed by atoms with van der Waals surface area (Å²) in [5, 5.41) is 9.22. The van der Waals surface area contributed by atoms with Crippen LogP contribution in [0.2, 0.25) is 0 Å². The summed E-state index contributed by atoms with van der Waals surface area (Å²) >= 11 is 0. The summed E-state index contributed by atoms with van der Waals surface area (Å²) in [4.78, 5) is 14.6. The fourth-order valence-corrected chi connectivity index (χ4v) is 3.72. The second kappa shape index (κ2) is 8.44. The van der Waals surface area contributed by atoms with Gasteiger partial charge in [-0.1, -0.05) is 12.5 Å². The lowest BCUT2D eigenvalue weighted by Gasteiger charge is -2.26. The van der Waals surface area contributed by atoms with E-state index in [1.165, 1.54) is 38.4 Å². The van der Waals surface area contributed by atoms with Crippen LogP contribution in [0.15, 0.2) is 48.7 Å². The second-order valence-electron chi connectivity index (χ2n) is 7.23. The number of amides is 1. The Morgan fingerprint density at radius 1 is 1.04 bits per heavy atom. The van der Waals surface area contributed by atoms with Crippen molar-refractivity contribution in [1.29, 1.82) is 0 Å². The Morgan fingerprint density at radius 3 is 2.57 bits per heavy atom. The van der Waals surface area contributed by atoms with Crippen molar-refractivity contribution >= 4 is 28.5 Å². The number of nitrogens with one attached hydrogen (secondary N) is 3. The number of carbonyl (C=O) groups excluding carboxylic acids is 1. The summed E-state index contributed by atoms with van der Waals surface area (Å²) < 4.78 is 14.1. The van der Waals surface area contributed by atoms with Gasteiger partial charge in [0.05, 0.1) is 11.3 Å². The Balaban J connectivity index is 1.34. The highest BCUT2D eigenvalue weighted by Crippen LogP contribution is 2.33. The van der Waals surface area contributed by atoms with Crippen LogP contribution in [0.4, 0.5) is 21.5 Å². The highest BCUT2D eigenvalue weighted by atomic mass is 19.1. The molecule has 1 saturated heterocycles. The number of piperidine rings is 1. The number of carbonyl (C=O) groups is 1. The predicted octanol–water partition coefficient (Wildman–Crippen LogP) is 4.13. The average molecular weight is 380 g/mol. The number of likely N-dealkylation sites (tertiary alicyclic amines) is 1. The maximum atomic E-state index is 14.1. The summed E-state index contributed by atoms with van der Waals surface area (Å²) in [6.07, 6.45) is 5.53. The smallest absolute Gasteiger partial charge is 0.257 e. The van der Waals surface area contributed by atoms with Crippen molar-refractivity contribution in [2.75, 3.05) is 42.1 Å². The number of hydrogen-bond donors (Lipinski definition) is 3. The molecule has 28 heavy (non-hydrogen) atoms. The summed E-state index contributed by atoms with van der Waals surface area (Å²) in [5.74, 6) is -0.708. The first-order valence-corrected chi connectivity index (χ1v) is 9.84. The lowest BCUT2D eigenvalue weighted by atomic mass is 10.1. The number of nitrogens with zero attached hydrogens (tertiary/aromatic N) is 1. The maximum Gasteiger partial charge on any atom is 0.257 e. The fourth-order valence-electron chi connectivity index (χ4n) is 3.72. The SMILES string of the molecule is O=C1Nc2cccc(F)c2C1=CNc1ccc(NCCN2CCCCC2)cc1. The minimum absolute atomic E-state index is 0.302.